The Kier molecular flexibility index (Phi) is 8.31. The molecular formula is C17H29NO2. The Labute approximate surface area is 123 Å². The molecule has 20 heavy (non-hydrogen) atoms. The van der Waals surface area contributed by atoms with Crippen molar-refractivity contribution in [1.82, 2.24) is 5.32 Å². The van der Waals surface area contributed by atoms with Gasteiger partial charge in [-0.25, -0.2) is 0 Å². The minimum Gasteiger partial charge on any atom is -0.493 e. The van der Waals surface area contributed by atoms with Gasteiger partial charge >= 0.3 is 0 Å². The van der Waals surface area contributed by atoms with Gasteiger partial charge in [0, 0.05) is 13.7 Å². The molecule has 0 aliphatic rings. The molecule has 0 bridgehead atoms. The van der Waals surface area contributed by atoms with Gasteiger partial charge in [-0.05, 0) is 49.4 Å². The number of rotatable bonds is 10. The Hall–Kier alpha value is -1.06. The number of nitrogens with one attached hydrogen (secondary N) is 1. The molecule has 3 heteroatoms. The summed E-state index contributed by atoms with van der Waals surface area (Å²) in [6, 6.07) is 6.51. The van der Waals surface area contributed by atoms with Crippen LogP contribution >= 0.6 is 0 Å². The number of benzene rings is 1. The van der Waals surface area contributed by atoms with Crippen LogP contribution in [-0.2, 0) is 4.74 Å². The van der Waals surface area contributed by atoms with Crippen LogP contribution in [0, 0.1) is 6.92 Å². The number of hydrogen-bond donors (Lipinski definition) is 1. The van der Waals surface area contributed by atoms with Crippen LogP contribution in [-0.4, -0.2) is 33.4 Å². The largest absolute Gasteiger partial charge is 0.493 e. The van der Waals surface area contributed by atoms with Crippen molar-refractivity contribution in [3.8, 4) is 5.75 Å². The summed E-state index contributed by atoms with van der Waals surface area (Å²) in [5.74, 6) is 1.58. The molecule has 1 N–H and O–H groups in total. The normalized spacial score (nSPS) is 11.1. The van der Waals surface area contributed by atoms with E-state index in [-0.39, 0.29) is 0 Å². The predicted octanol–water partition coefficient (Wildman–Crippen LogP) is 3.51. The third-order valence-electron chi connectivity index (χ3n) is 3.37. The molecule has 0 aliphatic carbocycles. The molecule has 0 aliphatic heterocycles. The minimum absolute atomic E-state index is 0.544. The molecular weight excluding hydrogens is 250 g/mol. The third-order valence-corrected chi connectivity index (χ3v) is 3.37. The second-order valence-corrected chi connectivity index (χ2v) is 5.48. The van der Waals surface area contributed by atoms with Crippen molar-refractivity contribution >= 4 is 0 Å². The fraction of sp³-hybridized carbons (Fsp3) is 0.647. The van der Waals surface area contributed by atoms with Gasteiger partial charge < -0.3 is 14.8 Å². The molecule has 1 rings (SSSR count). The van der Waals surface area contributed by atoms with Crippen molar-refractivity contribution in [2.75, 3.05) is 33.4 Å². The first-order chi connectivity index (χ1) is 9.65. The van der Waals surface area contributed by atoms with Crippen molar-refractivity contribution < 1.29 is 9.47 Å². The third kappa shape index (κ3) is 6.40. The van der Waals surface area contributed by atoms with Crippen LogP contribution in [0.4, 0.5) is 0 Å². The second-order valence-electron chi connectivity index (χ2n) is 5.48. The van der Waals surface area contributed by atoms with E-state index >= 15 is 0 Å². The van der Waals surface area contributed by atoms with Crippen molar-refractivity contribution in [3.63, 3.8) is 0 Å². The SMILES string of the molecule is COCCNCCCCOc1cc(C(C)C)ccc1C. The lowest BCUT2D eigenvalue weighted by Crippen LogP contribution is -2.20. The smallest absolute Gasteiger partial charge is 0.122 e. The average molecular weight is 279 g/mol. The highest BCUT2D eigenvalue weighted by Crippen LogP contribution is 2.24. The fourth-order valence-corrected chi connectivity index (χ4v) is 1.96. The van der Waals surface area contributed by atoms with Gasteiger partial charge in [0.2, 0.25) is 0 Å². The maximum Gasteiger partial charge on any atom is 0.122 e. The molecule has 0 saturated heterocycles. The zero-order valence-electron chi connectivity index (χ0n) is 13.4. The number of ether oxygens (including phenoxy) is 2. The van der Waals surface area contributed by atoms with E-state index < -0.39 is 0 Å². The number of aryl methyl sites for hydroxylation is 1. The first kappa shape index (κ1) is 17.0. The molecule has 1 aromatic rings. The molecule has 1 aromatic carbocycles. The van der Waals surface area contributed by atoms with E-state index in [1.54, 1.807) is 7.11 Å². The van der Waals surface area contributed by atoms with Crippen LogP contribution in [0.15, 0.2) is 18.2 Å². The Morgan fingerprint density at radius 2 is 1.90 bits per heavy atom. The van der Waals surface area contributed by atoms with Crippen LogP contribution < -0.4 is 10.1 Å². The number of unbranched alkanes of at least 4 members (excludes halogenated alkanes) is 1. The van der Waals surface area contributed by atoms with Crippen molar-refractivity contribution in [2.24, 2.45) is 0 Å². The zero-order valence-corrected chi connectivity index (χ0v) is 13.4. The monoisotopic (exact) mass is 279 g/mol. The summed E-state index contributed by atoms with van der Waals surface area (Å²) in [5.41, 5.74) is 2.56. The highest BCUT2D eigenvalue weighted by molar-refractivity contribution is 5.37. The fourth-order valence-electron chi connectivity index (χ4n) is 1.96. The summed E-state index contributed by atoms with van der Waals surface area (Å²) in [6.45, 7) is 10.0. The van der Waals surface area contributed by atoms with Gasteiger partial charge in [0.25, 0.3) is 0 Å². The van der Waals surface area contributed by atoms with E-state index in [1.807, 2.05) is 0 Å². The Morgan fingerprint density at radius 3 is 2.60 bits per heavy atom. The summed E-state index contributed by atoms with van der Waals surface area (Å²) in [7, 11) is 1.73. The standard InChI is InChI=1S/C17H29NO2/c1-14(2)16-8-7-15(3)17(13-16)20-11-6-5-9-18-10-12-19-4/h7-8,13-14,18H,5-6,9-12H2,1-4H3. The van der Waals surface area contributed by atoms with E-state index in [9.17, 15) is 0 Å². The van der Waals surface area contributed by atoms with Gasteiger partial charge in [-0.3, -0.25) is 0 Å². The predicted molar refractivity (Wildman–Crippen MR) is 84.7 cm³/mol. The van der Waals surface area contributed by atoms with Crippen molar-refractivity contribution in [1.29, 1.82) is 0 Å². The van der Waals surface area contributed by atoms with Crippen LogP contribution in [0.25, 0.3) is 0 Å². The molecule has 0 unspecified atom stereocenters. The lowest BCUT2D eigenvalue weighted by Gasteiger charge is -2.13. The molecule has 0 fully saturated rings. The summed E-state index contributed by atoms with van der Waals surface area (Å²) < 4.78 is 10.9. The quantitative estimate of drug-likeness (QED) is 0.665. The summed E-state index contributed by atoms with van der Waals surface area (Å²) in [5, 5.41) is 3.34. The van der Waals surface area contributed by atoms with E-state index in [4.69, 9.17) is 9.47 Å². The molecule has 3 nitrogen and oxygen atoms in total. The molecule has 0 heterocycles. The molecule has 0 radical (unpaired) electrons. The van der Waals surface area contributed by atoms with E-state index in [0.29, 0.717) is 5.92 Å². The molecule has 114 valence electrons. The topological polar surface area (TPSA) is 30.5 Å². The summed E-state index contributed by atoms with van der Waals surface area (Å²) in [4.78, 5) is 0. The lowest BCUT2D eigenvalue weighted by molar-refractivity contribution is 0.199. The van der Waals surface area contributed by atoms with Gasteiger partial charge in [-0.2, -0.15) is 0 Å². The Balaban J connectivity index is 2.23. The van der Waals surface area contributed by atoms with Crippen LogP contribution in [0.1, 0.15) is 43.7 Å². The molecule has 0 saturated carbocycles. The average Bonchev–Trinajstić information content (AvgIpc) is 2.43. The van der Waals surface area contributed by atoms with Gasteiger partial charge in [0.1, 0.15) is 5.75 Å². The van der Waals surface area contributed by atoms with Crippen LogP contribution in [0.2, 0.25) is 0 Å². The van der Waals surface area contributed by atoms with E-state index in [2.05, 4.69) is 44.3 Å². The van der Waals surface area contributed by atoms with Crippen LogP contribution in [0.5, 0.6) is 5.75 Å². The summed E-state index contributed by atoms with van der Waals surface area (Å²) >= 11 is 0. The van der Waals surface area contributed by atoms with Gasteiger partial charge in [-0.15, -0.1) is 0 Å². The summed E-state index contributed by atoms with van der Waals surface area (Å²) in [6.07, 6.45) is 2.21. The maximum absolute atomic E-state index is 5.90. The van der Waals surface area contributed by atoms with Crippen molar-refractivity contribution in [2.45, 2.75) is 39.5 Å². The van der Waals surface area contributed by atoms with Gasteiger partial charge in [0.15, 0.2) is 0 Å². The molecule has 0 atom stereocenters. The second kappa shape index (κ2) is 9.78. The first-order valence-corrected chi connectivity index (χ1v) is 7.58. The highest BCUT2D eigenvalue weighted by Gasteiger charge is 2.04. The zero-order chi connectivity index (χ0) is 14.8. The van der Waals surface area contributed by atoms with Gasteiger partial charge in [0.05, 0.1) is 13.2 Å². The van der Waals surface area contributed by atoms with Crippen LogP contribution in [0.3, 0.4) is 0 Å². The Morgan fingerprint density at radius 1 is 1.10 bits per heavy atom. The molecule has 0 spiro atoms. The van der Waals surface area contributed by atoms with E-state index in [0.717, 1.165) is 44.9 Å². The minimum atomic E-state index is 0.544. The molecule has 0 amide bonds. The molecule has 0 aromatic heterocycles. The van der Waals surface area contributed by atoms with Crippen molar-refractivity contribution in [3.05, 3.63) is 29.3 Å². The Bertz CT molecular complexity index is 377. The van der Waals surface area contributed by atoms with E-state index in [1.165, 1.54) is 11.1 Å². The number of methoxy groups -OCH3 is 1. The number of hydrogen-bond acceptors (Lipinski definition) is 3. The highest BCUT2D eigenvalue weighted by atomic mass is 16.5. The lowest BCUT2D eigenvalue weighted by atomic mass is 10.0. The maximum atomic E-state index is 5.90. The van der Waals surface area contributed by atoms with Gasteiger partial charge in [-0.1, -0.05) is 26.0 Å². The first-order valence-electron chi connectivity index (χ1n) is 7.58.